The lowest BCUT2D eigenvalue weighted by Gasteiger charge is -2.08. The van der Waals surface area contributed by atoms with Crippen molar-refractivity contribution in [3.05, 3.63) is 58.7 Å². The van der Waals surface area contributed by atoms with Crippen LogP contribution in [0.2, 0.25) is 0 Å². The van der Waals surface area contributed by atoms with Crippen LogP contribution in [0.3, 0.4) is 0 Å². The van der Waals surface area contributed by atoms with Gasteiger partial charge in [0.15, 0.2) is 11.6 Å². The van der Waals surface area contributed by atoms with Gasteiger partial charge >= 0.3 is 0 Å². The number of benzene rings is 2. The van der Waals surface area contributed by atoms with Gasteiger partial charge in [-0.2, -0.15) is 0 Å². The molecule has 0 radical (unpaired) electrons. The Labute approximate surface area is 147 Å². The van der Waals surface area contributed by atoms with Crippen LogP contribution in [-0.2, 0) is 12.8 Å². The number of phenolic OH excluding ortho intramolecular Hbond substituents is 1. The Balaban J connectivity index is 0.000000150. The number of carbonyl (C=O) groups excluding carboxylic acids is 2. The Bertz CT molecular complexity index is 808. The Hall–Kier alpha value is -2.62. The number of rotatable bonds is 3. The van der Waals surface area contributed by atoms with Crippen molar-refractivity contribution in [2.45, 2.75) is 39.0 Å². The molecule has 2 aliphatic rings. The predicted molar refractivity (Wildman–Crippen MR) is 95.6 cm³/mol. The van der Waals surface area contributed by atoms with Crippen LogP contribution in [0.15, 0.2) is 36.4 Å². The SMILES string of the molecule is CCCOc1cccc2c1CCC2=O.O=C1CCc2c(O)cccc21. The third-order valence-electron chi connectivity index (χ3n) is 4.55. The standard InChI is InChI=1S/C12H14O2.C9H8O2/c1-2-8-14-12-5-3-4-9-10(12)6-7-11(9)13;10-8-3-1-2-6-7(8)4-5-9(6)11/h3-5H,2,6-8H2,1H3;1-3,10H,4-5H2. The highest BCUT2D eigenvalue weighted by Crippen LogP contribution is 2.30. The van der Waals surface area contributed by atoms with Gasteiger partial charge in [-0.1, -0.05) is 31.2 Å². The fourth-order valence-electron chi connectivity index (χ4n) is 3.28. The molecular weight excluding hydrogens is 316 g/mol. The Morgan fingerprint density at radius 1 is 0.880 bits per heavy atom. The number of Topliss-reactive ketones (excluding diaryl/α,β-unsaturated/α-hetero) is 2. The molecule has 4 rings (SSSR count). The van der Waals surface area contributed by atoms with Gasteiger partial charge in [0, 0.05) is 35.1 Å². The lowest BCUT2D eigenvalue weighted by atomic mass is 10.1. The van der Waals surface area contributed by atoms with E-state index in [1.54, 1.807) is 18.2 Å². The van der Waals surface area contributed by atoms with Crippen LogP contribution in [0.1, 0.15) is 58.0 Å². The number of ether oxygens (including phenoxy) is 1. The third kappa shape index (κ3) is 3.58. The van der Waals surface area contributed by atoms with E-state index in [1.165, 1.54) is 0 Å². The Morgan fingerprint density at radius 2 is 1.48 bits per heavy atom. The summed E-state index contributed by atoms with van der Waals surface area (Å²) < 4.78 is 5.59. The van der Waals surface area contributed by atoms with Gasteiger partial charge in [0.05, 0.1) is 6.61 Å². The number of hydrogen-bond acceptors (Lipinski definition) is 4. The molecular formula is C21H22O4. The van der Waals surface area contributed by atoms with E-state index in [2.05, 4.69) is 6.92 Å². The Kier molecular flexibility index (Phi) is 5.17. The van der Waals surface area contributed by atoms with Crippen LogP contribution in [-0.4, -0.2) is 23.3 Å². The summed E-state index contributed by atoms with van der Waals surface area (Å²) in [4.78, 5) is 22.5. The lowest BCUT2D eigenvalue weighted by Crippen LogP contribution is -1.99. The van der Waals surface area contributed by atoms with E-state index < -0.39 is 0 Å². The van der Waals surface area contributed by atoms with Crippen LogP contribution in [0.25, 0.3) is 0 Å². The molecule has 2 aromatic carbocycles. The van der Waals surface area contributed by atoms with Crippen molar-refractivity contribution in [1.29, 1.82) is 0 Å². The predicted octanol–water partition coefficient (Wildman–Crippen LogP) is 4.13. The van der Waals surface area contributed by atoms with E-state index in [4.69, 9.17) is 4.74 Å². The second-order valence-corrected chi connectivity index (χ2v) is 6.28. The minimum Gasteiger partial charge on any atom is -0.508 e. The van der Waals surface area contributed by atoms with Gasteiger partial charge in [-0.3, -0.25) is 9.59 Å². The monoisotopic (exact) mass is 338 g/mol. The van der Waals surface area contributed by atoms with E-state index in [1.807, 2.05) is 18.2 Å². The smallest absolute Gasteiger partial charge is 0.163 e. The third-order valence-corrected chi connectivity index (χ3v) is 4.55. The van der Waals surface area contributed by atoms with Gasteiger partial charge in [-0.05, 0) is 31.4 Å². The molecule has 0 aliphatic heterocycles. The van der Waals surface area contributed by atoms with E-state index in [9.17, 15) is 14.7 Å². The molecule has 1 N–H and O–H groups in total. The molecule has 130 valence electrons. The lowest BCUT2D eigenvalue weighted by molar-refractivity contribution is 0.0986. The number of fused-ring (bicyclic) bond motifs is 2. The van der Waals surface area contributed by atoms with Gasteiger partial charge in [0.25, 0.3) is 0 Å². The van der Waals surface area contributed by atoms with Crippen LogP contribution < -0.4 is 4.74 Å². The fraction of sp³-hybridized carbons (Fsp3) is 0.333. The zero-order chi connectivity index (χ0) is 17.8. The summed E-state index contributed by atoms with van der Waals surface area (Å²) >= 11 is 0. The van der Waals surface area contributed by atoms with E-state index in [-0.39, 0.29) is 17.3 Å². The molecule has 4 heteroatoms. The summed E-state index contributed by atoms with van der Waals surface area (Å²) in [6.45, 7) is 2.80. The highest BCUT2D eigenvalue weighted by Gasteiger charge is 2.22. The van der Waals surface area contributed by atoms with Gasteiger partial charge in [0.2, 0.25) is 0 Å². The zero-order valence-electron chi connectivity index (χ0n) is 14.4. The molecule has 0 atom stereocenters. The number of phenols is 1. The highest BCUT2D eigenvalue weighted by atomic mass is 16.5. The maximum absolute atomic E-state index is 11.4. The summed E-state index contributed by atoms with van der Waals surface area (Å²) in [5.74, 6) is 1.56. The van der Waals surface area contributed by atoms with Crippen molar-refractivity contribution in [2.75, 3.05) is 6.61 Å². The first-order valence-corrected chi connectivity index (χ1v) is 8.73. The minimum absolute atomic E-state index is 0.149. The second-order valence-electron chi connectivity index (χ2n) is 6.28. The van der Waals surface area contributed by atoms with Crippen LogP contribution in [0.4, 0.5) is 0 Å². The normalized spacial score (nSPS) is 14.6. The number of aromatic hydroxyl groups is 1. The van der Waals surface area contributed by atoms with Gasteiger partial charge < -0.3 is 9.84 Å². The highest BCUT2D eigenvalue weighted by molar-refractivity contribution is 6.01. The molecule has 0 heterocycles. The van der Waals surface area contributed by atoms with E-state index >= 15 is 0 Å². The van der Waals surface area contributed by atoms with E-state index in [0.717, 1.165) is 41.9 Å². The first-order valence-electron chi connectivity index (χ1n) is 8.73. The van der Waals surface area contributed by atoms with Gasteiger partial charge in [-0.25, -0.2) is 0 Å². The summed E-state index contributed by atoms with van der Waals surface area (Å²) in [7, 11) is 0. The maximum Gasteiger partial charge on any atom is 0.163 e. The minimum atomic E-state index is 0.149. The molecule has 2 aromatic rings. The van der Waals surface area contributed by atoms with Gasteiger partial charge in [-0.15, -0.1) is 0 Å². The average Bonchev–Trinajstić information content (AvgIpc) is 3.19. The van der Waals surface area contributed by atoms with Crippen LogP contribution in [0, 0.1) is 0 Å². The Morgan fingerprint density at radius 3 is 2.12 bits per heavy atom. The molecule has 0 aromatic heterocycles. The molecule has 0 saturated heterocycles. The molecule has 25 heavy (non-hydrogen) atoms. The average molecular weight is 338 g/mol. The van der Waals surface area contributed by atoms with Crippen molar-refractivity contribution >= 4 is 11.6 Å². The molecule has 0 saturated carbocycles. The molecule has 4 nitrogen and oxygen atoms in total. The summed E-state index contributed by atoms with van der Waals surface area (Å²) in [5.41, 5.74) is 3.48. The van der Waals surface area contributed by atoms with Crippen molar-refractivity contribution in [2.24, 2.45) is 0 Å². The topological polar surface area (TPSA) is 63.6 Å². The van der Waals surface area contributed by atoms with Crippen molar-refractivity contribution in [1.82, 2.24) is 0 Å². The van der Waals surface area contributed by atoms with Crippen molar-refractivity contribution in [3.8, 4) is 11.5 Å². The first kappa shape index (κ1) is 17.2. The molecule has 0 unspecified atom stereocenters. The molecule has 0 amide bonds. The summed E-state index contributed by atoms with van der Waals surface area (Å²) in [6.07, 6.45) is 3.72. The number of ketones is 2. The molecule has 0 spiro atoms. The van der Waals surface area contributed by atoms with Crippen LogP contribution >= 0.6 is 0 Å². The first-order chi connectivity index (χ1) is 12.1. The zero-order valence-corrected chi connectivity index (χ0v) is 14.4. The van der Waals surface area contributed by atoms with Crippen molar-refractivity contribution < 1.29 is 19.4 Å². The number of hydrogen-bond donors (Lipinski definition) is 1. The fourth-order valence-corrected chi connectivity index (χ4v) is 3.28. The second kappa shape index (κ2) is 7.51. The largest absolute Gasteiger partial charge is 0.508 e. The molecule has 0 fully saturated rings. The number of carbonyl (C=O) groups is 2. The summed E-state index contributed by atoms with van der Waals surface area (Å²) in [5, 5.41) is 9.30. The van der Waals surface area contributed by atoms with Crippen LogP contribution in [0.5, 0.6) is 11.5 Å². The van der Waals surface area contributed by atoms with Gasteiger partial charge in [0.1, 0.15) is 11.5 Å². The molecule has 0 bridgehead atoms. The van der Waals surface area contributed by atoms with E-state index in [0.29, 0.717) is 24.8 Å². The quantitative estimate of drug-likeness (QED) is 0.914. The molecule has 2 aliphatic carbocycles. The van der Waals surface area contributed by atoms with Crippen molar-refractivity contribution in [3.63, 3.8) is 0 Å². The maximum atomic E-state index is 11.4. The summed E-state index contributed by atoms with van der Waals surface area (Å²) in [6, 6.07) is 10.8.